The number of anilines is 1. The van der Waals surface area contributed by atoms with E-state index in [0.29, 0.717) is 11.4 Å². The van der Waals surface area contributed by atoms with E-state index in [1.54, 1.807) is 30.3 Å². The number of aromatic carboxylic acids is 1. The van der Waals surface area contributed by atoms with E-state index >= 15 is 0 Å². The largest absolute Gasteiger partial charge is 0.475 e. The van der Waals surface area contributed by atoms with Crippen LogP contribution in [0.2, 0.25) is 0 Å². The lowest BCUT2D eigenvalue weighted by atomic mass is 9.95. The summed E-state index contributed by atoms with van der Waals surface area (Å²) in [4.78, 5) is 22.6. The van der Waals surface area contributed by atoms with Crippen LogP contribution in [0.1, 0.15) is 31.3 Å². The second kappa shape index (κ2) is 5.44. The predicted molar refractivity (Wildman–Crippen MR) is 79.2 cm³/mol. The standard InChI is InChI=1S/C16H17NO4/c1-16(2,3)15(20)17-11-6-4-10(5-7-11)12-8-9-13(21-12)14(18)19/h4-9H,1-3H3,(H,17,20)(H,18,19). The number of rotatable bonds is 3. The van der Waals surface area contributed by atoms with Crippen molar-refractivity contribution in [2.24, 2.45) is 5.41 Å². The molecule has 21 heavy (non-hydrogen) atoms. The molecule has 0 unspecified atom stereocenters. The molecule has 0 aliphatic heterocycles. The number of hydrogen-bond acceptors (Lipinski definition) is 3. The van der Waals surface area contributed by atoms with E-state index in [1.165, 1.54) is 6.07 Å². The van der Waals surface area contributed by atoms with E-state index in [-0.39, 0.29) is 11.7 Å². The molecule has 0 saturated heterocycles. The average molecular weight is 287 g/mol. The summed E-state index contributed by atoms with van der Waals surface area (Å²) >= 11 is 0. The first-order valence-corrected chi connectivity index (χ1v) is 6.52. The quantitative estimate of drug-likeness (QED) is 0.903. The molecule has 0 fully saturated rings. The number of carbonyl (C=O) groups is 2. The maximum absolute atomic E-state index is 11.9. The van der Waals surface area contributed by atoms with E-state index in [2.05, 4.69) is 5.32 Å². The van der Waals surface area contributed by atoms with Gasteiger partial charge in [0.25, 0.3) is 0 Å². The van der Waals surface area contributed by atoms with Crippen LogP contribution in [0.3, 0.4) is 0 Å². The second-order valence-electron chi connectivity index (χ2n) is 5.75. The molecular formula is C16H17NO4. The molecule has 2 N–H and O–H groups in total. The first-order chi connectivity index (χ1) is 9.77. The number of carboxylic acids is 1. The van der Waals surface area contributed by atoms with Gasteiger partial charge in [0, 0.05) is 16.7 Å². The highest BCUT2D eigenvalue weighted by atomic mass is 16.4. The summed E-state index contributed by atoms with van der Waals surface area (Å²) in [6, 6.07) is 10.1. The normalized spacial score (nSPS) is 11.2. The minimum atomic E-state index is -1.10. The number of nitrogens with one attached hydrogen (secondary N) is 1. The Hall–Kier alpha value is -2.56. The molecule has 0 aliphatic rings. The van der Waals surface area contributed by atoms with Gasteiger partial charge < -0.3 is 14.8 Å². The van der Waals surface area contributed by atoms with Crippen LogP contribution in [0.4, 0.5) is 5.69 Å². The van der Waals surface area contributed by atoms with E-state index in [4.69, 9.17) is 9.52 Å². The molecule has 2 aromatic rings. The van der Waals surface area contributed by atoms with Crippen LogP contribution in [0.5, 0.6) is 0 Å². The number of hydrogen-bond donors (Lipinski definition) is 2. The molecule has 5 nitrogen and oxygen atoms in total. The zero-order chi connectivity index (χ0) is 15.6. The predicted octanol–water partition coefficient (Wildman–Crippen LogP) is 3.63. The molecule has 0 aliphatic carbocycles. The fourth-order valence-corrected chi connectivity index (χ4v) is 1.64. The van der Waals surface area contributed by atoms with Gasteiger partial charge in [-0.05, 0) is 36.4 Å². The Balaban J connectivity index is 2.15. The van der Waals surface area contributed by atoms with E-state index < -0.39 is 11.4 Å². The van der Waals surface area contributed by atoms with Crippen molar-refractivity contribution in [3.05, 3.63) is 42.2 Å². The highest BCUT2D eigenvalue weighted by molar-refractivity contribution is 5.94. The highest BCUT2D eigenvalue weighted by Gasteiger charge is 2.21. The third kappa shape index (κ3) is 3.51. The van der Waals surface area contributed by atoms with Gasteiger partial charge in [0.05, 0.1) is 0 Å². The van der Waals surface area contributed by atoms with Gasteiger partial charge in [0.15, 0.2) is 0 Å². The molecule has 0 bridgehead atoms. The second-order valence-corrected chi connectivity index (χ2v) is 5.75. The smallest absolute Gasteiger partial charge is 0.371 e. The number of furan rings is 1. The van der Waals surface area contributed by atoms with Gasteiger partial charge in [-0.1, -0.05) is 20.8 Å². The van der Waals surface area contributed by atoms with Crippen molar-refractivity contribution in [1.29, 1.82) is 0 Å². The van der Waals surface area contributed by atoms with Crippen molar-refractivity contribution < 1.29 is 19.1 Å². The van der Waals surface area contributed by atoms with Crippen LogP contribution < -0.4 is 5.32 Å². The van der Waals surface area contributed by atoms with Gasteiger partial charge in [-0.15, -0.1) is 0 Å². The maximum atomic E-state index is 11.9. The maximum Gasteiger partial charge on any atom is 0.371 e. The van der Waals surface area contributed by atoms with Crippen LogP contribution in [-0.4, -0.2) is 17.0 Å². The lowest BCUT2D eigenvalue weighted by molar-refractivity contribution is -0.123. The molecular weight excluding hydrogens is 270 g/mol. The Morgan fingerprint density at radius 3 is 2.14 bits per heavy atom. The van der Waals surface area contributed by atoms with Crippen molar-refractivity contribution in [3.8, 4) is 11.3 Å². The fraction of sp³-hybridized carbons (Fsp3) is 0.250. The van der Waals surface area contributed by atoms with Crippen LogP contribution >= 0.6 is 0 Å². The number of carbonyl (C=O) groups excluding carboxylic acids is 1. The summed E-state index contributed by atoms with van der Waals surface area (Å²) in [5.41, 5.74) is 0.968. The van der Waals surface area contributed by atoms with Gasteiger partial charge in [-0.2, -0.15) is 0 Å². The van der Waals surface area contributed by atoms with E-state index in [1.807, 2.05) is 20.8 Å². The first-order valence-electron chi connectivity index (χ1n) is 6.52. The Kier molecular flexibility index (Phi) is 3.84. The van der Waals surface area contributed by atoms with E-state index in [9.17, 15) is 9.59 Å². The van der Waals surface area contributed by atoms with Gasteiger partial charge in [0.1, 0.15) is 5.76 Å². The fourth-order valence-electron chi connectivity index (χ4n) is 1.64. The zero-order valence-electron chi connectivity index (χ0n) is 12.1. The summed E-state index contributed by atoms with van der Waals surface area (Å²) in [6.07, 6.45) is 0. The number of carboxylic acid groups (broad SMARTS) is 1. The van der Waals surface area contributed by atoms with Gasteiger partial charge in [-0.3, -0.25) is 4.79 Å². The molecule has 5 heteroatoms. The Morgan fingerprint density at radius 1 is 1.05 bits per heavy atom. The summed E-state index contributed by atoms with van der Waals surface area (Å²) < 4.78 is 5.22. The van der Waals surface area contributed by atoms with Crippen molar-refractivity contribution in [2.45, 2.75) is 20.8 Å². The molecule has 0 atom stereocenters. The molecule has 0 spiro atoms. The lowest BCUT2D eigenvalue weighted by Gasteiger charge is -2.17. The van der Waals surface area contributed by atoms with Gasteiger partial charge in [0.2, 0.25) is 11.7 Å². The molecule has 1 aromatic heterocycles. The van der Waals surface area contributed by atoms with Crippen molar-refractivity contribution in [3.63, 3.8) is 0 Å². The molecule has 2 rings (SSSR count). The Labute approximate surface area is 122 Å². The van der Waals surface area contributed by atoms with Crippen LogP contribution in [0, 0.1) is 5.41 Å². The molecule has 110 valence electrons. The SMILES string of the molecule is CC(C)(C)C(=O)Nc1ccc(-c2ccc(C(=O)O)o2)cc1. The molecule has 1 aromatic carbocycles. The van der Waals surface area contributed by atoms with E-state index in [0.717, 1.165) is 5.56 Å². The molecule has 1 amide bonds. The minimum absolute atomic E-state index is 0.0681. The summed E-state index contributed by atoms with van der Waals surface area (Å²) in [7, 11) is 0. The van der Waals surface area contributed by atoms with Crippen molar-refractivity contribution in [2.75, 3.05) is 5.32 Å². The zero-order valence-corrected chi connectivity index (χ0v) is 12.1. The average Bonchev–Trinajstić information content (AvgIpc) is 2.88. The summed E-state index contributed by atoms with van der Waals surface area (Å²) in [5.74, 6) is -0.798. The molecule has 0 saturated carbocycles. The lowest BCUT2D eigenvalue weighted by Crippen LogP contribution is -2.27. The third-order valence-corrected chi connectivity index (χ3v) is 2.93. The Bertz CT molecular complexity index is 662. The molecule has 0 radical (unpaired) electrons. The van der Waals surface area contributed by atoms with Crippen molar-refractivity contribution >= 4 is 17.6 Å². The van der Waals surface area contributed by atoms with Crippen LogP contribution in [0.15, 0.2) is 40.8 Å². The number of benzene rings is 1. The highest BCUT2D eigenvalue weighted by Crippen LogP contribution is 2.24. The first kappa shape index (κ1) is 14.8. The summed E-state index contributed by atoms with van der Waals surface area (Å²) in [5, 5.41) is 11.6. The van der Waals surface area contributed by atoms with Gasteiger partial charge >= 0.3 is 5.97 Å². The van der Waals surface area contributed by atoms with Gasteiger partial charge in [-0.25, -0.2) is 4.79 Å². The molecule has 1 heterocycles. The monoisotopic (exact) mass is 287 g/mol. The number of amides is 1. The Morgan fingerprint density at radius 2 is 1.67 bits per heavy atom. The van der Waals surface area contributed by atoms with Crippen LogP contribution in [0.25, 0.3) is 11.3 Å². The minimum Gasteiger partial charge on any atom is -0.475 e. The summed E-state index contributed by atoms with van der Waals surface area (Å²) in [6.45, 7) is 5.52. The van der Waals surface area contributed by atoms with Crippen molar-refractivity contribution in [1.82, 2.24) is 0 Å². The third-order valence-electron chi connectivity index (χ3n) is 2.93. The topological polar surface area (TPSA) is 79.5 Å². The van der Waals surface area contributed by atoms with Crippen LogP contribution in [-0.2, 0) is 4.79 Å².